The topological polar surface area (TPSA) is 37.4 Å². The van der Waals surface area contributed by atoms with Crippen LogP contribution in [0.5, 0.6) is 0 Å². The van der Waals surface area contributed by atoms with E-state index in [0.717, 1.165) is 35.8 Å². The lowest BCUT2D eigenvalue weighted by Crippen LogP contribution is -2.35. The van der Waals surface area contributed by atoms with Gasteiger partial charge in [0.25, 0.3) is 0 Å². The van der Waals surface area contributed by atoms with Gasteiger partial charge in [0.05, 0.1) is 17.5 Å². The monoisotopic (exact) mass is 385 g/mol. The molecule has 0 unspecified atom stereocenters. The molecule has 2 amide bonds. The number of amides is 2. The molecule has 124 valence electrons. The number of benzene rings is 1. The molecule has 2 saturated carbocycles. The summed E-state index contributed by atoms with van der Waals surface area (Å²) in [6.45, 7) is 0. The normalized spacial score (nSPS) is 34.6. The Kier molecular flexibility index (Phi) is 3.28. The van der Waals surface area contributed by atoms with Gasteiger partial charge in [-0.25, -0.2) is 0 Å². The number of fused-ring (bicyclic) bond motifs is 5. The molecular weight excluding hydrogens is 366 g/mol. The fourth-order valence-electron chi connectivity index (χ4n) is 5.74. The van der Waals surface area contributed by atoms with E-state index in [0.29, 0.717) is 11.8 Å². The van der Waals surface area contributed by atoms with Gasteiger partial charge in [-0.3, -0.25) is 14.5 Å². The van der Waals surface area contributed by atoms with Crippen LogP contribution in [0.4, 0.5) is 5.69 Å². The molecule has 3 aliphatic carbocycles. The summed E-state index contributed by atoms with van der Waals surface area (Å²) >= 11 is 3.42. The number of rotatable bonds is 1. The van der Waals surface area contributed by atoms with Crippen LogP contribution in [0, 0.1) is 23.7 Å². The van der Waals surface area contributed by atoms with Crippen molar-refractivity contribution in [2.75, 3.05) is 4.90 Å². The molecule has 4 heteroatoms. The van der Waals surface area contributed by atoms with Crippen molar-refractivity contribution < 1.29 is 9.59 Å². The van der Waals surface area contributed by atoms with E-state index in [1.54, 1.807) is 11.1 Å². The maximum atomic E-state index is 13.2. The van der Waals surface area contributed by atoms with Crippen molar-refractivity contribution in [1.82, 2.24) is 0 Å². The van der Waals surface area contributed by atoms with Gasteiger partial charge in [0, 0.05) is 4.47 Å². The Bertz CT molecular complexity index is 724. The van der Waals surface area contributed by atoms with Crippen molar-refractivity contribution in [2.24, 2.45) is 23.7 Å². The summed E-state index contributed by atoms with van der Waals surface area (Å²) in [6, 6.07) is 7.54. The van der Waals surface area contributed by atoms with Gasteiger partial charge in [-0.15, -0.1) is 0 Å². The van der Waals surface area contributed by atoms with E-state index in [9.17, 15) is 9.59 Å². The van der Waals surface area contributed by atoms with Gasteiger partial charge < -0.3 is 0 Å². The first kappa shape index (κ1) is 14.9. The third-order valence-electron chi connectivity index (χ3n) is 6.58. The third kappa shape index (κ3) is 1.89. The predicted octanol–water partition coefficient (Wildman–Crippen LogP) is 4.47. The summed E-state index contributed by atoms with van der Waals surface area (Å²) < 4.78 is 0.959. The number of carbonyl (C=O) groups excluding carboxylic acids is 2. The highest BCUT2D eigenvalue weighted by molar-refractivity contribution is 9.10. The van der Waals surface area contributed by atoms with Crippen LogP contribution in [0.3, 0.4) is 0 Å². The maximum absolute atomic E-state index is 13.2. The number of hydrogen-bond acceptors (Lipinski definition) is 2. The van der Waals surface area contributed by atoms with E-state index >= 15 is 0 Å². The van der Waals surface area contributed by atoms with E-state index in [4.69, 9.17) is 0 Å². The van der Waals surface area contributed by atoms with Crippen molar-refractivity contribution in [1.29, 1.82) is 0 Å². The van der Waals surface area contributed by atoms with Gasteiger partial charge in [0.2, 0.25) is 11.8 Å². The molecule has 1 heterocycles. The first-order valence-electron chi connectivity index (χ1n) is 9.02. The molecule has 0 spiro atoms. The number of anilines is 1. The van der Waals surface area contributed by atoms with Crippen LogP contribution in [-0.2, 0) is 9.59 Å². The Morgan fingerprint density at radius 1 is 0.833 bits per heavy atom. The van der Waals surface area contributed by atoms with Crippen LogP contribution < -0.4 is 4.90 Å². The lowest BCUT2D eigenvalue weighted by molar-refractivity contribution is -0.122. The van der Waals surface area contributed by atoms with Crippen molar-refractivity contribution in [3.05, 3.63) is 39.9 Å². The van der Waals surface area contributed by atoms with E-state index in [-0.39, 0.29) is 23.7 Å². The minimum absolute atomic E-state index is 0.0441. The zero-order chi connectivity index (χ0) is 16.4. The summed E-state index contributed by atoms with van der Waals surface area (Å²) in [5.41, 5.74) is 3.83. The highest BCUT2D eigenvalue weighted by Gasteiger charge is 2.59. The molecule has 1 aromatic rings. The van der Waals surface area contributed by atoms with E-state index in [1.807, 2.05) is 24.3 Å². The molecule has 4 aliphatic rings. The van der Waals surface area contributed by atoms with Crippen LogP contribution in [0.1, 0.15) is 38.5 Å². The van der Waals surface area contributed by atoms with Crippen LogP contribution in [0.15, 0.2) is 39.9 Å². The molecule has 0 N–H and O–H groups in total. The molecular formula is C20H20BrNO2. The second kappa shape index (κ2) is 5.29. The summed E-state index contributed by atoms with van der Waals surface area (Å²) in [7, 11) is 0. The second-order valence-corrected chi connectivity index (χ2v) is 8.50. The van der Waals surface area contributed by atoms with E-state index < -0.39 is 0 Å². The van der Waals surface area contributed by atoms with Crippen LogP contribution in [0.25, 0.3) is 0 Å². The highest BCUT2D eigenvalue weighted by atomic mass is 79.9. The molecule has 1 aliphatic heterocycles. The summed E-state index contributed by atoms with van der Waals surface area (Å²) in [6.07, 6.45) is 6.83. The largest absolute Gasteiger partial charge is 0.274 e. The van der Waals surface area contributed by atoms with Crippen LogP contribution in [0.2, 0.25) is 0 Å². The van der Waals surface area contributed by atoms with Crippen molar-refractivity contribution in [3.63, 3.8) is 0 Å². The lowest BCUT2D eigenvalue weighted by Gasteiger charge is -2.34. The quantitative estimate of drug-likeness (QED) is 0.528. The lowest BCUT2D eigenvalue weighted by atomic mass is 9.66. The van der Waals surface area contributed by atoms with Gasteiger partial charge >= 0.3 is 0 Å². The number of carbonyl (C=O) groups is 2. The smallest absolute Gasteiger partial charge is 0.238 e. The van der Waals surface area contributed by atoms with Gasteiger partial charge in [-0.2, -0.15) is 0 Å². The number of halogens is 1. The van der Waals surface area contributed by atoms with Gasteiger partial charge in [-0.05, 0) is 74.6 Å². The Morgan fingerprint density at radius 2 is 1.33 bits per heavy atom. The first-order chi connectivity index (χ1) is 11.7. The summed E-state index contributed by atoms with van der Waals surface area (Å²) in [4.78, 5) is 28.0. The molecule has 5 rings (SSSR count). The fourth-order valence-corrected chi connectivity index (χ4v) is 6.00. The second-order valence-electron chi connectivity index (χ2n) is 7.59. The summed E-state index contributed by atoms with van der Waals surface area (Å²) in [5, 5.41) is 0. The first-order valence-corrected chi connectivity index (χ1v) is 9.81. The van der Waals surface area contributed by atoms with Crippen LogP contribution in [-0.4, -0.2) is 11.8 Å². The van der Waals surface area contributed by atoms with Crippen molar-refractivity contribution in [2.45, 2.75) is 38.5 Å². The summed E-state index contributed by atoms with van der Waals surface area (Å²) in [5.74, 6) is 0.536. The van der Waals surface area contributed by atoms with E-state index in [1.165, 1.54) is 17.7 Å². The third-order valence-corrected chi connectivity index (χ3v) is 7.11. The molecule has 0 aromatic heterocycles. The zero-order valence-electron chi connectivity index (χ0n) is 13.5. The molecule has 3 nitrogen and oxygen atoms in total. The zero-order valence-corrected chi connectivity index (χ0v) is 15.1. The number of imide groups is 1. The Hall–Kier alpha value is -1.42. The molecule has 0 bridgehead atoms. The van der Waals surface area contributed by atoms with E-state index in [2.05, 4.69) is 15.9 Å². The fraction of sp³-hybridized carbons (Fsp3) is 0.500. The standard InChI is InChI=1S/C20H20BrNO2/c21-11-7-9-12(10-8-11)22-19(23)17-15-5-1-3-13(15)14-4-2-6-16(14)18(17)20(22)24/h7-10,15-18H,1-6H2/t15-,16-,17-,18+/m1/s1. The van der Waals surface area contributed by atoms with Crippen molar-refractivity contribution >= 4 is 33.4 Å². The van der Waals surface area contributed by atoms with Gasteiger partial charge in [0.1, 0.15) is 0 Å². The molecule has 1 saturated heterocycles. The molecule has 1 aromatic carbocycles. The number of hydrogen-bond donors (Lipinski definition) is 0. The minimum Gasteiger partial charge on any atom is -0.274 e. The number of allylic oxidation sites excluding steroid dienone is 2. The molecule has 24 heavy (non-hydrogen) atoms. The Balaban J connectivity index is 1.60. The van der Waals surface area contributed by atoms with Crippen molar-refractivity contribution in [3.8, 4) is 0 Å². The number of nitrogens with zero attached hydrogens (tertiary/aromatic N) is 1. The van der Waals surface area contributed by atoms with Crippen LogP contribution >= 0.6 is 15.9 Å². The maximum Gasteiger partial charge on any atom is 0.238 e. The average molecular weight is 386 g/mol. The minimum atomic E-state index is -0.106. The highest BCUT2D eigenvalue weighted by Crippen LogP contribution is 2.57. The molecule has 3 fully saturated rings. The molecule has 0 radical (unpaired) electrons. The Morgan fingerprint density at radius 3 is 1.83 bits per heavy atom. The Labute approximate surface area is 150 Å². The average Bonchev–Trinajstić information content (AvgIpc) is 3.27. The van der Waals surface area contributed by atoms with Gasteiger partial charge in [0.15, 0.2) is 0 Å². The molecule has 4 atom stereocenters. The predicted molar refractivity (Wildman–Crippen MR) is 95.3 cm³/mol. The SMILES string of the molecule is O=C1[C@@H]2[C@H](C(=O)N1c1ccc(Br)cc1)[C@@H]1CCCC1=C1CCC[C@H]12. The van der Waals surface area contributed by atoms with Gasteiger partial charge in [-0.1, -0.05) is 27.1 Å².